The average Bonchev–Trinajstić information content (AvgIpc) is 2.47. The van der Waals surface area contributed by atoms with E-state index in [2.05, 4.69) is 0 Å². The van der Waals surface area contributed by atoms with Gasteiger partial charge in [0.25, 0.3) is 0 Å². The van der Waals surface area contributed by atoms with Crippen LogP contribution in [0, 0.1) is 0 Å². The molecule has 3 rings (SSSR count). The molecule has 1 aliphatic heterocycles. The number of phenols is 1. The molecule has 2 aliphatic rings. The van der Waals surface area contributed by atoms with E-state index < -0.39 is 0 Å². The summed E-state index contributed by atoms with van der Waals surface area (Å²) in [4.78, 5) is 0. The van der Waals surface area contributed by atoms with Crippen molar-refractivity contribution in [2.24, 2.45) is 5.73 Å². The summed E-state index contributed by atoms with van der Waals surface area (Å²) < 4.78 is 11.4. The van der Waals surface area contributed by atoms with E-state index in [0.717, 1.165) is 24.2 Å². The van der Waals surface area contributed by atoms with Crippen LogP contribution in [0.5, 0.6) is 17.2 Å². The molecule has 104 valence electrons. The van der Waals surface area contributed by atoms with Crippen molar-refractivity contribution < 1.29 is 14.6 Å². The predicted molar refractivity (Wildman–Crippen MR) is 72.9 cm³/mol. The van der Waals surface area contributed by atoms with Gasteiger partial charge in [0, 0.05) is 23.6 Å². The summed E-state index contributed by atoms with van der Waals surface area (Å²) >= 11 is 0. The van der Waals surface area contributed by atoms with Crippen LogP contribution in [0.4, 0.5) is 0 Å². The molecule has 1 fully saturated rings. The van der Waals surface area contributed by atoms with Crippen LogP contribution in [-0.4, -0.2) is 24.9 Å². The monoisotopic (exact) mass is 263 g/mol. The average molecular weight is 263 g/mol. The molecule has 0 aromatic heterocycles. The smallest absolute Gasteiger partial charge is 0.165 e. The first-order valence-electron chi connectivity index (χ1n) is 7.08. The molecule has 1 heterocycles. The molecule has 0 radical (unpaired) electrons. The molecule has 1 aromatic rings. The SMILES string of the molecule is NCC1(c2cc(O)cc3c2OCCO3)CCCCC1. The third-order valence-corrected chi connectivity index (χ3v) is 4.40. The Morgan fingerprint density at radius 1 is 1.11 bits per heavy atom. The molecule has 1 aliphatic carbocycles. The zero-order chi connectivity index (χ0) is 13.3. The number of ether oxygens (including phenoxy) is 2. The first-order valence-corrected chi connectivity index (χ1v) is 7.08. The fourth-order valence-electron chi connectivity index (χ4n) is 3.35. The van der Waals surface area contributed by atoms with Crippen molar-refractivity contribution in [3.63, 3.8) is 0 Å². The van der Waals surface area contributed by atoms with Gasteiger partial charge < -0.3 is 20.3 Å². The second kappa shape index (κ2) is 4.93. The molecular weight excluding hydrogens is 242 g/mol. The Kier molecular flexibility index (Phi) is 3.27. The van der Waals surface area contributed by atoms with Gasteiger partial charge in [-0.05, 0) is 18.9 Å². The summed E-state index contributed by atoms with van der Waals surface area (Å²) in [6.45, 7) is 1.68. The van der Waals surface area contributed by atoms with Crippen molar-refractivity contribution in [3.8, 4) is 17.2 Å². The van der Waals surface area contributed by atoms with Crippen LogP contribution in [0.3, 0.4) is 0 Å². The van der Waals surface area contributed by atoms with E-state index in [1.54, 1.807) is 6.07 Å². The van der Waals surface area contributed by atoms with Crippen molar-refractivity contribution in [1.82, 2.24) is 0 Å². The molecule has 1 saturated carbocycles. The Labute approximate surface area is 113 Å². The maximum absolute atomic E-state index is 9.93. The molecule has 4 nitrogen and oxygen atoms in total. The molecule has 3 N–H and O–H groups in total. The molecule has 0 atom stereocenters. The minimum absolute atomic E-state index is 0.0677. The number of phenolic OH excluding ortho intramolecular Hbond substituents is 1. The van der Waals surface area contributed by atoms with Gasteiger partial charge in [0.05, 0.1) is 0 Å². The highest BCUT2D eigenvalue weighted by molar-refractivity contribution is 5.55. The summed E-state index contributed by atoms with van der Waals surface area (Å²) in [6, 6.07) is 3.44. The summed E-state index contributed by atoms with van der Waals surface area (Å²) in [6.07, 6.45) is 5.75. The van der Waals surface area contributed by atoms with Gasteiger partial charge in [-0.3, -0.25) is 0 Å². The Balaban J connectivity index is 2.09. The summed E-state index contributed by atoms with van der Waals surface area (Å²) in [5, 5.41) is 9.93. The number of fused-ring (bicyclic) bond motifs is 1. The Morgan fingerprint density at radius 3 is 2.58 bits per heavy atom. The number of rotatable bonds is 2. The summed E-state index contributed by atoms with van der Waals surface area (Å²) in [5.41, 5.74) is 7.04. The zero-order valence-corrected chi connectivity index (χ0v) is 11.2. The molecule has 0 spiro atoms. The van der Waals surface area contributed by atoms with E-state index in [1.165, 1.54) is 19.3 Å². The Morgan fingerprint density at radius 2 is 1.84 bits per heavy atom. The number of benzene rings is 1. The van der Waals surface area contributed by atoms with Gasteiger partial charge in [0.1, 0.15) is 19.0 Å². The van der Waals surface area contributed by atoms with Crippen LogP contribution in [0.1, 0.15) is 37.7 Å². The first kappa shape index (κ1) is 12.6. The Hall–Kier alpha value is -1.42. The highest BCUT2D eigenvalue weighted by Gasteiger charge is 2.37. The van der Waals surface area contributed by atoms with Crippen molar-refractivity contribution >= 4 is 0 Å². The third kappa shape index (κ3) is 2.14. The second-order valence-electron chi connectivity index (χ2n) is 5.56. The van der Waals surface area contributed by atoms with Gasteiger partial charge in [-0.2, -0.15) is 0 Å². The number of hydrogen-bond acceptors (Lipinski definition) is 4. The standard InChI is InChI=1S/C15H21NO3/c16-10-15(4-2-1-3-5-15)12-8-11(17)9-13-14(12)19-7-6-18-13/h8-9,17H,1-7,10,16H2. The van der Waals surface area contributed by atoms with E-state index in [-0.39, 0.29) is 11.2 Å². The zero-order valence-electron chi connectivity index (χ0n) is 11.2. The predicted octanol–water partition coefficient (Wildman–Crippen LogP) is 2.32. The van der Waals surface area contributed by atoms with Gasteiger partial charge in [-0.25, -0.2) is 0 Å². The lowest BCUT2D eigenvalue weighted by molar-refractivity contribution is 0.163. The maximum atomic E-state index is 9.93. The summed E-state index contributed by atoms with van der Waals surface area (Å²) in [7, 11) is 0. The molecule has 0 amide bonds. The van der Waals surface area contributed by atoms with E-state index in [0.29, 0.717) is 25.5 Å². The van der Waals surface area contributed by atoms with Crippen LogP contribution in [0.2, 0.25) is 0 Å². The van der Waals surface area contributed by atoms with Crippen LogP contribution >= 0.6 is 0 Å². The van der Waals surface area contributed by atoms with E-state index in [1.807, 2.05) is 6.07 Å². The third-order valence-electron chi connectivity index (χ3n) is 4.40. The quantitative estimate of drug-likeness (QED) is 0.859. The fraction of sp³-hybridized carbons (Fsp3) is 0.600. The van der Waals surface area contributed by atoms with Gasteiger partial charge in [-0.1, -0.05) is 19.3 Å². The van der Waals surface area contributed by atoms with E-state index >= 15 is 0 Å². The van der Waals surface area contributed by atoms with E-state index in [4.69, 9.17) is 15.2 Å². The van der Waals surface area contributed by atoms with Gasteiger partial charge in [0.15, 0.2) is 11.5 Å². The fourth-order valence-corrected chi connectivity index (χ4v) is 3.35. The topological polar surface area (TPSA) is 64.7 Å². The lowest BCUT2D eigenvalue weighted by Gasteiger charge is -2.38. The lowest BCUT2D eigenvalue weighted by atomic mass is 9.69. The van der Waals surface area contributed by atoms with Crippen LogP contribution < -0.4 is 15.2 Å². The van der Waals surface area contributed by atoms with Gasteiger partial charge in [0.2, 0.25) is 0 Å². The molecule has 1 aromatic carbocycles. The highest BCUT2D eigenvalue weighted by Crippen LogP contribution is 2.48. The van der Waals surface area contributed by atoms with Gasteiger partial charge in [-0.15, -0.1) is 0 Å². The largest absolute Gasteiger partial charge is 0.508 e. The second-order valence-corrected chi connectivity index (χ2v) is 5.56. The van der Waals surface area contributed by atoms with Crippen molar-refractivity contribution in [1.29, 1.82) is 0 Å². The molecule has 0 saturated heterocycles. The number of hydrogen-bond donors (Lipinski definition) is 2. The Bertz CT molecular complexity index is 467. The molecule has 4 heteroatoms. The van der Waals surface area contributed by atoms with Crippen LogP contribution in [-0.2, 0) is 5.41 Å². The molecule has 0 unspecified atom stereocenters. The summed E-state index contributed by atoms with van der Waals surface area (Å²) in [5.74, 6) is 1.67. The highest BCUT2D eigenvalue weighted by atomic mass is 16.6. The van der Waals surface area contributed by atoms with Gasteiger partial charge >= 0.3 is 0 Å². The number of aromatic hydroxyl groups is 1. The number of nitrogens with two attached hydrogens (primary N) is 1. The van der Waals surface area contributed by atoms with Crippen molar-refractivity contribution in [2.75, 3.05) is 19.8 Å². The van der Waals surface area contributed by atoms with E-state index in [9.17, 15) is 5.11 Å². The maximum Gasteiger partial charge on any atom is 0.165 e. The lowest BCUT2D eigenvalue weighted by Crippen LogP contribution is -2.38. The van der Waals surface area contributed by atoms with Crippen LogP contribution in [0.25, 0.3) is 0 Å². The minimum atomic E-state index is -0.0677. The molecule has 19 heavy (non-hydrogen) atoms. The van der Waals surface area contributed by atoms with Crippen molar-refractivity contribution in [3.05, 3.63) is 17.7 Å². The van der Waals surface area contributed by atoms with Crippen LogP contribution in [0.15, 0.2) is 12.1 Å². The minimum Gasteiger partial charge on any atom is -0.508 e. The normalized spacial score (nSPS) is 21.1. The molecular formula is C15H21NO3. The first-order chi connectivity index (χ1) is 9.25. The molecule has 0 bridgehead atoms. The van der Waals surface area contributed by atoms with Crippen molar-refractivity contribution in [2.45, 2.75) is 37.5 Å².